The number of furan rings is 1. The molecule has 0 atom stereocenters. The zero-order valence-corrected chi connectivity index (χ0v) is 31.2. The van der Waals surface area contributed by atoms with Crippen LogP contribution in [0.5, 0.6) is 0 Å². The van der Waals surface area contributed by atoms with Gasteiger partial charge in [-0.05, 0) is 65.7 Å². The number of para-hydroxylation sites is 3. The van der Waals surface area contributed by atoms with E-state index in [1.165, 1.54) is 42.1 Å². The number of nitrogens with zero attached hydrogens (tertiary/aromatic N) is 4. The Kier molecular flexibility index (Phi) is 7.03. The molecule has 5 nitrogen and oxygen atoms in total. The van der Waals surface area contributed by atoms with Crippen LogP contribution in [0.3, 0.4) is 0 Å². The molecule has 0 radical (unpaired) electrons. The van der Waals surface area contributed by atoms with E-state index in [1.807, 2.05) is 47.7 Å². The molecule has 6 heteroatoms. The van der Waals surface area contributed by atoms with E-state index < -0.39 is 0 Å². The largest absolute Gasteiger partial charge is 0.456 e. The molecule has 0 N–H and O–H groups in total. The van der Waals surface area contributed by atoms with Gasteiger partial charge in [-0.25, -0.2) is 15.0 Å². The summed E-state index contributed by atoms with van der Waals surface area (Å²) in [6, 6.07) is 63.7. The highest BCUT2D eigenvalue weighted by molar-refractivity contribution is 7.26. The number of hydrogen-bond donors (Lipinski definition) is 0. The highest BCUT2D eigenvalue weighted by atomic mass is 32.1. The number of fused-ring (bicyclic) bond motifs is 9. The maximum absolute atomic E-state index is 6.55. The van der Waals surface area contributed by atoms with Gasteiger partial charge in [0.1, 0.15) is 11.2 Å². The van der Waals surface area contributed by atoms with Crippen molar-refractivity contribution in [2.45, 2.75) is 0 Å². The summed E-state index contributed by atoms with van der Waals surface area (Å²) < 4.78 is 11.5. The maximum atomic E-state index is 6.55. The molecule has 57 heavy (non-hydrogen) atoms. The lowest BCUT2D eigenvalue weighted by atomic mass is 10.0. The lowest BCUT2D eigenvalue weighted by molar-refractivity contribution is 0.669. The van der Waals surface area contributed by atoms with Gasteiger partial charge >= 0.3 is 0 Å². The van der Waals surface area contributed by atoms with Crippen LogP contribution in [-0.4, -0.2) is 19.5 Å². The van der Waals surface area contributed by atoms with E-state index in [9.17, 15) is 0 Å². The Morgan fingerprint density at radius 3 is 1.84 bits per heavy atom. The molecule has 12 rings (SSSR count). The summed E-state index contributed by atoms with van der Waals surface area (Å²) in [4.78, 5) is 15.4. The predicted octanol–water partition coefficient (Wildman–Crippen LogP) is 13.9. The van der Waals surface area contributed by atoms with Crippen LogP contribution in [0, 0.1) is 0 Å². The molecule has 0 amide bonds. The standard InChI is InChI=1S/C51H30N4OS/c1-2-13-31(14-3-1)49-52-50(54-51(53-49)40-18-6-10-23-44(40)55-42-21-8-4-15-35(42)36-16-5-9-22-43(36)55)33-25-27-37-41-29-32(26-28-45(41)56-46(37)30-33)34-19-12-20-39-38-17-7-11-24-47(38)57-48(34)39/h1-30H. The van der Waals surface area contributed by atoms with Crippen molar-refractivity contribution < 1.29 is 4.42 Å². The summed E-state index contributed by atoms with van der Waals surface area (Å²) >= 11 is 1.85. The molecule has 266 valence electrons. The van der Waals surface area contributed by atoms with E-state index in [2.05, 4.69) is 150 Å². The van der Waals surface area contributed by atoms with Crippen molar-refractivity contribution in [1.82, 2.24) is 19.5 Å². The molecule has 0 unspecified atom stereocenters. The Balaban J connectivity index is 1.02. The average Bonchev–Trinajstić information content (AvgIpc) is 3.95. The first-order chi connectivity index (χ1) is 28.2. The number of hydrogen-bond acceptors (Lipinski definition) is 5. The topological polar surface area (TPSA) is 56.7 Å². The van der Waals surface area contributed by atoms with Crippen LogP contribution in [0.2, 0.25) is 0 Å². The van der Waals surface area contributed by atoms with Crippen LogP contribution in [0.4, 0.5) is 0 Å². The third-order valence-electron chi connectivity index (χ3n) is 11.1. The summed E-state index contributed by atoms with van der Waals surface area (Å²) in [5, 5.41) is 7.12. The van der Waals surface area contributed by atoms with E-state index in [1.54, 1.807) is 0 Å². The van der Waals surface area contributed by atoms with Gasteiger partial charge in [-0.3, -0.25) is 0 Å². The molecule has 8 aromatic carbocycles. The Hall–Kier alpha value is -7.41. The third kappa shape index (κ3) is 5.04. The molecule has 0 saturated carbocycles. The zero-order valence-electron chi connectivity index (χ0n) is 30.4. The number of benzene rings is 8. The normalized spacial score (nSPS) is 11.9. The lowest BCUT2D eigenvalue weighted by Crippen LogP contribution is -2.03. The second-order valence-corrected chi connectivity index (χ2v) is 15.4. The molecule has 0 aliphatic heterocycles. The minimum absolute atomic E-state index is 0.579. The molecule has 4 heterocycles. The molecular formula is C51H30N4OS. The van der Waals surface area contributed by atoms with Crippen molar-refractivity contribution in [3.63, 3.8) is 0 Å². The van der Waals surface area contributed by atoms with Crippen molar-refractivity contribution >= 4 is 75.3 Å². The van der Waals surface area contributed by atoms with Crippen LogP contribution < -0.4 is 0 Å². The maximum Gasteiger partial charge on any atom is 0.166 e. The minimum atomic E-state index is 0.579. The Morgan fingerprint density at radius 1 is 0.386 bits per heavy atom. The monoisotopic (exact) mass is 746 g/mol. The van der Waals surface area contributed by atoms with E-state index in [0.29, 0.717) is 17.5 Å². The summed E-state index contributed by atoms with van der Waals surface area (Å²) in [7, 11) is 0. The summed E-state index contributed by atoms with van der Waals surface area (Å²) in [6.07, 6.45) is 0. The van der Waals surface area contributed by atoms with Gasteiger partial charge in [0.2, 0.25) is 0 Å². The fourth-order valence-electron chi connectivity index (χ4n) is 8.44. The van der Waals surface area contributed by atoms with Crippen molar-refractivity contribution in [3.8, 4) is 51.0 Å². The fraction of sp³-hybridized carbons (Fsp3) is 0. The number of thiophene rings is 1. The predicted molar refractivity (Wildman–Crippen MR) is 236 cm³/mol. The second-order valence-electron chi connectivity index (χ2n) is 14.4. The van der Waals surface area contributed by atoms with Gasteiger partial charge in [-0.1, -0.05) is 127 Å². The molecule has 0 spiro atoms. The molecule has 0 bridgehead atoms. The molecule has 0 saturated heterocycles. The Morgan fingerprint density at radius 2 is 1.02 bits per heavy atom. The van der Waals surface area contributed by atoms with Gasteiger partial charge in [0, 0.05) is 58.4 Å². The SMILES string of the molecule is c1ccc(-c2nc(-c3ccc4c(c3)oc3ccc(-c5cccc6c5sc5ccccc56)cc34)nc(-c3ccccc3-n3c4ccccc4c4ccccc43)n2)cc1. The molecule has 0 fully saturated rings. The van der Waals surface area contributed by atoms with Crippen LogP contribution in [-0.2, 0) is 0 Å². The van der Waals surface area contributed by atoms with Gasteiger partial charge in [-0.15, -0.1) is 11.3 Å². The van der Waals surface area contributed by atoms with E-state index in [0.717, 1.165) is 55.3 Å². The van der Waals surface area contributed by atoms with Crippen molar-refractivity contribution in [3.05, 3.63) is 182 Å². The fourth-order valence-corrected chi connectivity index (χ4v) is 9.68. The number of rotatable bonds is 5. The summed E-state index contributed by atoms with van der Waals surface area (Å²) in [5.74, 6) is 1.79. The third-order valence-corrected chi connectivity index (χ3v) is 12.3. The van der Waals surface area contributed by atoms with Crippen LogP contribution in [0.15, 0.2) is 186 Å². The molecular weight excluding hydrogens is 717 g/mol. The first-order valence-corrected chi connectivity index (χ1v) is 19.8. The second kappa shape index (κ2) is 12.6. The van der Waals surface area contributed by atoms with E-state index >= 15 is 0 Å². The molecule has 4 aromatic heterocycles. The van der Waals surface area contributed by atoms with E-state index in [-0.39, 0.29) is 0 Å². The molecule has 12 aromatic rings. The Bertz CT molecular complexity index is 3490. The van der Waals surface area contributed by atoms with Gasteiger partial charge in [0.05, 0.1) is 16.7 Å². The van der Waals surface area contributed by atoms with Crippen LogP contribution in [0.1, 0.15) is 0 Å². The van der Waals surface area contributed by atoms with Crippen molar-refractivity contribution in [2.24, 2.45) is 0 Å². The van der Waals surface area contributed by atoms with E-state index in [4.69, 9.17) is 19.4 Å². The zero-order chi connectivity index (χ0) is 37.5. The van der Waals surface area contributed by atoms with Crippen molar-refractivity contribution in [2.75, 3.05) is 0 Å². The van der Waals surface area contributed by atoms with Gasteiger partial charge in [0.15, 0.2) is 17.5 Å². The highest BCUT2D eigenvalue weighted by Crippen LogP contribution is 2.42. The Labute approximate surface area is 330 Å². The van der Waals surface area contributed by atoms with Crippen molar-refractivity contribution in [1.29, 1.82) is 0 Å². The van der Waals surface area contributed by atoms with Gasteiger partial charge in [-0.2, -0.15) is 0 Å². The number of aromatic nitrogens is 4. The first-order valence-electron chi connectivity index (χ1n) is 19.0. The average molecular weight is 747 g/mol. The molecule has 0 aliphatic rings. The summed E-state index contributed by atoms with van der Waals surface area (Å²) in [6.45, 7) is 0. The quantitative estimate of drug-likeness (QED) is 0.176. The molecule has 0 aliphatic carbocycles. The first kappa shape index (κ1) is 31.9. The highest BCUT2D eigenvalue weighted by Gasteiger charge is 2.20. The minimum Gasteiger partial charge on any atom is -0.456 e. The summed E-state index contributed by atoms with van der Waals surface area (Å²) in [5.41, 5.74) is 9.97. The van der Waals surface area contributed by atoms with Crippen LogP contribution >= 0.6 is 11.3 Å². The smallest absolute Gasteiger partial charge is 0.166 e. The van der Waals surface area contributed by atoms with Crippen LogP contribution in [0.25, 0.3) is 115 Å². The van der Waals surface area contributed by atoms with Gasteiger partial charge in [0.25, 0.3) is 0 Å². The lowest BCUT2D eigenvalue weighted by Gasteiger charge is -2.14. The van der Waals surface area contributed by atoms with Gasteiger partial charge < -0.3 is 8.98 Å².